The van der Waals surface area contributed by atoms with E-state index in [-0.39, 0.29) is 5.91 Å². The molecule has 0 N–H and O–H groups in total. The summed E-state index contributed by atoms with van der Waals surface area (Å²) in [7, 11) is 3.22. The molecule has 1 amide bonds. The standard InChI is InChI=1S/C25H23ClN2O4S/c1-16-4-5-17(26)14-21(16)22-11-10-20(32-22)15-23-24(29)28(12-13-30-2)25(33-23)27-18-6-8-19(31-3)9-7-18/h4-11,14-15H,12-13H2,1-3H3/b23-15-,27-25?. The number of amidine groups is 1. The number of amides is 1. The van der Waals surface area contributed by atoms with E-state index in [0.717, 1.165) is 22.6 Å². The molecular weight excluding hydrogens is 460 g/mol. The predicted octanol–water partition coefficient (Wildman–Crippen LogP) is 6.17. The molecule has 0 radical (unpaired) electrons. The van der Waals surface area contributed by atoms with E-state index in [0.29, 0.717) is 39.8 Å². The van der Waals surface area contributed by atoms with E-state index in [2.05, 4.69) is 4.99 Å². The van der Waals surface area contributed by atoms with E-state index in [1.165, 1.54) is 11.8 Å². The lowest BCUT2D eigenvalue weighted by atomic mass is 10.1. The molecule has 0 unspecified atom stereocenters. The number of rotatable bonds is 7. The number of furan rings is 1. The summed E-state index contributed by atoms with van der Waals surface area (Å²) in [5, 5.41) is 1.23. The molecule has 2 aromatic carbocycles. The van der Waals surface area contributed by atoms with Crippen molar-refractivity contribution >= 4 is 46.2 Å². The van der Waals surface area contributed by atoms with Gasteiger partial charge in [0.25, 0.3) is 5.91 Å². The summed E-state index contributed by atoms with van der Waals surface area (Å²) >= 11 is 7.46. The largest absolute Gasteiger partial charge is 0.497 e. The Hall–Kier alpha value is -3.00. The second kappa shape index (κ2) is 10.3. The average molecular weight is 483 g/mol. The van der Waals surface area contributed by atoms with Crippen molar-refractivity contribution in [2.75, 3.05) is 27.4 Å². The van der Waals surface area contributed by atoms with Gasteiger partial charge in [0.1, 0.15) is 17.3 Å². The van der Waals surface area contributed by atoms with E-state index in [9.17, 15) is 4.79 Å². The zero-order valence-electron chi connectivity index (χ0n) is 18.5. The lowest BCUT2D eigenvalue weighted by Crippen LogP contribution is -2.32. The fourth-order valence-electron chi connectivity index (χ4n) is 3.30. The smallest absolute Gasteiger partial charge is 0.266 e. The summed E-state index contributed by atoms with van der Waals surface area (Å²) < 4.78 is 16.4. The van der Waals surface area contributed by atoms with Gasteiger partial charge in [-0.25, -0.2) is 4.99 Å². The number of methoxy groups -OCH3 is 2. The number of hydrogen-bond donors (Lipinski definition) is 0. The van der Waals surface area contributed by atoms with Crippen LogP contribution in [0.3, 0.4) is 0 Å². The highest BCUT2D eigenvalue weighted by atomic mass is 35.5. The van der Waals surface area contributed by atoms with Gasteiger partial charge in [0.05, 0.1) is 30.9 Å². The number of halogens is 1. The van der Waals surface area contributed by atoms with Crippen molar-refractivity contribution in [3.8, 4) is 17.1 Å². The van der Waals surface area contributed by atoms with Gasteiger partial charge in [-0.05, 0) is 72.8 Å². The lowest BCUT2D eigenvalue weighted by molar-refractivity contribution is -0.122. The Morgan fingerprint density at radius 1 is 1.12 bits per heavy atom. The van der Waals surface area contributed by atoms with Crippen molar-refractivity contribution in [2.24, 2.45) is 4.99 Å². The molecule has 0 bridgehead atoms. The van der Waals surface area contributed by atoms with Crippen molar-refractivity contribution in [2.45, 2.75) is 6.92 Å². The minimum atomic E-state index is -0.138. The van der Waals surface area contributed by atoms with Crippen LogP contribution in [-0.2, 0) is 9.53 Å². The number of aryl methyl sites for hydroxylation is 1. The van der Waals surface area contributed by atoms with Gasteiger partial charge in [-0.3, -0.25) is 9.69 Å². The van der Waals surface area contributed by atoms with E-state index in [4.69, 9.17) is 25.5 Å². The van der Waals surface area contributed by atoms with Crippen LogP contribution in [0.15, 0.2) is 68.9 Å². The summed E-state index contributed by atoms with van der Waals surface area (Å²) in [6, 6.07) is 16.7. The van der Waals surface area contributed by atoms with Crippen LogP contribution in [0.25, 0.3) is 17.4 Å². The average Bonchev–Trinajstić information content (AvgIpc) is 3.39. The van der Waals surface area contributed by atoms with Crippen LogP contribution in [-0.4, -0.2) is 43.3 Å². The van der Waals surface area contributed by atoms with Gasteiger partial charge in [-0.2, -0.15) is 0 Å². The van der Waals surface area contributed by atoms with Crippen LogP contribution in [0.1, 0.15) is 11.3 Å². The minimum absolute atomic E-state index is 0.138. The maximum Gasteiger partial charge on any atom is 0.266 e. The fraction of sp³-hybridized carbons (Fsp3) is 0.200. The van der Waals surface area contributed by atoms with Crippen LogP contribution in [0, 0.1) is 6.92 Å². The van der Waals surface area contributed by atoms with E-state index >= 15 is 0 Å². The first-order valence-electron chi connectivity index (χ1n) is 10.3. The van der Waals surface area contributed by atoms with Crippen LogP contribution in [0.5, 0.6) is 5.75 Å². The number of hydrogen-bond acceptors (Lipinski definition) is 6. The van der Waals surface area contributed by atoms with Crippen LogP contribution in [0.4, 0.5) is 5.69 Å². The van der Waals surface area contributed by atoms with Gasteiger partial charge in [-0.1, -0.05) is 17.7 Å². The van der Waals surface area contributed by atoms with Gasteiger partial charge in [-0.15, -0.1) is 0 Å². The molecule has 4 rings (SSSR count). The molecule has 1 aliphatic rings. The molecule has 1 saturated heterocycles. The first-order valence-corrected chi connectivity index (χ1v) is 11.5. The summed E-state index contributed by atoms with van der Waals surface area (Å²) in [4.78, 5) is 19.9. The molecule has 33 heavy (non-hydrogen) atoms. The molecular formula is C25H23ClN2O4S. The molecule has 0 saturated carbocycles. The predicted molar refractivity (Wildman–Crippen MR) is 133 cm³/mol. The quantitative estimate of drug-likeness (QED) is 0.377. The Kier molecular flexibility index (Phi) is 7.23. The molecule has 8 heteroatoms. The molecule has 0 aliphatic carbocycles. The zero-order valence-corrected chi connectivity index (χ0v) is 20.1. The van der Waals surface area contributed by atoms with Crippen LogP contribution in [0.2, 0.25) is 5.02 Å². The number of ether oxygens (including phenoxy) is 2. The molecule has 170 valence electrons. The number of nitrogens with zero attached hydrogens (tertiary/aromatic N) is 2. The maximum absolute atomic E-state index is 13.1. The maximum atomic E-state index is 13.1. The topological polar surface area (TPSA) is 64.3 Å². The summed E-state index contributed by atoms with van der Waals surface area (Å²) in [5.74, 6) is 1.88. The molecule has 3 aromatic rings. The number of thioether (sulfide) groups is 1. The minimum Gasteiger partial charge on any atom is -0.497 e. The van der Waals surface area contributed by atoms with Crippen molar-refractivity contribution < 1.29 is 18.7 Å². The zero-order chi connectivity index (χ0) is 23.4. The number of carbonyl (C=O) groups excluding carboxylic acids is 1. The molecule has 2 heterocycles. The van der Waals surface area contributed by atoms with Crippen molar-refractivity contribution in [1.82, 2.24) is 4.90 Å². The van der Waals surface area contributed by atoms with Gasteiger partial charge in [0.15, 0.2) is 5.17 Å². The Morgan fingerprint density at radius 3 is 2.64 bits per heavy atom. The third-order valence-electron chi connectivity index (χ3n) is 5.07. The van der Waals surface area contributed by atoms with Gasteiger partial charge < -0.3 is 13.9 Å². The first kappa shape index (κ1) is 23.2. The molecule has 1 fully saturated rings. The Balaban J connectivity index is 1.62. The molecule has 1 aromatic heterocycles. The molecule has 1 aliphatic heterocycles. The SMILES string of the molecule is COCCN1C(=O)/C(=C/c2ccc(-c3cc(Cl)ccc3C)o2)SC1=Nc1ccc(OC)cc1. The number of carbonyl (C=O) groups is 1. The molecule has 0 spiro atoms. The van der Waals surface area contributed by atoms with E-state index in [1.807, 2.05) is 61.5 Å². The van der Waals surface area contributed by atoms with E-state index < -0.39 is 0 Å². The lowest BCUT2D eigenvalue weighted by Gasteiger charge is -2.14. The Labute approximate surface area is 201 Å². The van der Waals surface area contributed by atoms with E-state index in [1.54, 1.807) is 25.2 Å². The third-order valence-corrected chi connectivity index (χ3v) is 6.31. The second-order valence-electron chi connectivity index (χ2n) is 7.31. The highest BCUT2D eigenvalue weighted by Crippen LogP contribution is 2.35. The van der Waals surface area contributed by atoms with Crippen molar-refractivity contribution in [3.63, 3.8) is 0 Å². The van der Waals surface area contributed by atoms with Crippen LogP contribution < -0.4 is 4.74 Å². The molecule has 0 atom stereocenters. The molecule has 6 nitrogen and oxygen atoms in total. The summed E-state index contributed by atoms with van der Waals surface area (Å²) in [5.41, 5.74) is 2.70. The Morgan fingerprint density at radius 2 is 1.91 bits per heavy atom. The Bertz CT molecular complexity index is 1220. The fourth-order valence-corrected chi connectivity index (χ4v) is 4.48. The second-order valence-corrected chi connectivity index (χ2v) is 8.76. The normalized spacial score (nSPS) is 16.2. The monoisotopic (exact) mass is 482 g/mol. The van der Waals surface area contributed by atoms with Crippen molar-refractivity contribution in [3.05, 3.63) is 75.8 Å². The summed E-state index contributed by atoms with van der Waals surface area (Å²) in [6.45, 7) is 2.80. The van der Waals surface area contributed by atoms with Crippen LogP contribution >= 0.6 is 23.4 Å². The number of benzene rings is 2. The third kappa shape index (κ3) is 5.33. The first-order chi connectivity index (χ1) is 16.0. The van der Waals surface area contributed by atoms with Gasteiger partial charge in [0, 0.05) is 23.8 Å². The number of aliphatic imine (C=N–C) groups is 1. The van der Waals surface area contributed by atoms with Gasteiger partial charge >= 0.3 is 0 Å². The highest BCUT2D eigenvalue weighted by Gasteiger charge is 2.33. The highest BCUT2D eigenvalue weighted by molar-refractivity contribution is 8.18. The summed E-state index contributed by atoms with van der Waals surface area (Å²) in [6.07, 6.45) is 1.74. The van der Waals surface area contributed by atoms with Gasteiger partial charge in [0.2, 0.25) is 0 Å². The van der Waals surface area contributed by atoms with Crippen molar-refractivity contribution in [1.29, 1.82) is 0 Å².